The Kier molecular flexibility index (Phi) is 3.03. The van der Waals surface area contributed by atoms with E-state index < -0.39 is 11.5 Å². The molecule has 1 aromatic rings. The van der Waals surface area contributed by atoms with Gasteiger partial charge in [-0.3, -0.25) is 0 Å². The number of nitrogens with zero attached hydrogens (tertiary/aromatic N) is 4. The Bertz CT molecular complexity index is 394. The van der Waals surface area contributed by atoms with Gasteiger partial charge < -0.3 is 5.11 Å². The molecule has 6 nitrogen and oxygen atoms in total. The van der Waals surface area contributed by atoms with Crippen molar-refractivity contribution in [3.05, 3.63) is 5.82 Å². The van der Waals surface area contributed by atoms with Crippen LogP contribution in [-0.2, 0) is 15.7 Å². The summed E-state index contributed by atoms with van der Waals surface area (Å²) in [5.74, 6) is -0.341. The molecule has 0 aliphatic rings. The van der Waals surface area contributed by atoms with Crippen LogP contribution >= 0.6 is 0 Å². The van der Waals surface area contributed by atoms with Crippen LogP contribution in [0.4, 0.5) is 0 Å². The van der Waals surface area contributed by atoms with Crippen LogP contribution < -0.4 is 0 Å². The van der Waals surface area contributed by atoms with E-state index in [-0.39, 0.29) is 5.41 Å². The maximum absolute atomic E-state index is 11.3. The van der Waals surface area contributed by atoms with E-state index >= 15 is 0 Å². The van der Waals surface area contributed by atoms with Crippen LogP contribution in [0.5, 0.6) is 0 Å². The number of aromatic nitrogens is 4. The quantitative estimate of drug-likeness (QED) is 0.837. The van der Waals surface area contributed by atoms with Gasteiger partial charge in [0.1, 0.15) is 0 Å². The molecule has 0 saturated carbocycles. The number of hydrogen-bond donors (Lipinski definition) is 1. The van der Waals surface area contributed by atoms with Crippen molar-refractivity contribution in [3.63, 3.8) is 0 Å². The lowest BCUT2D eigenvalue weighted by Crippen LogP contribution is -2.42. The summed E-state index contributed by atoms with van der Waals surface area (Å²) in [7, 11) is 0. The molecule has 0 aliphatic heterocycles. The van der Waals surface area contributed by atoms with Crippen molar-refractivity contribution in [1.29, 1.82) is 0 Å². The highest BCUT2D eigenvalue weighted by Gasteiger charge is 2.39. The Hall–Kier alpha value is -1.46. The van der Waals surface area contributed by atoms with Gasteiger partial charge >= 0.3 is 5.97 Å². The Balaban J connectivity index is 3.33. The van der Waals surface area contributed by atoms with Gasteiger partial charge in [-0.15, -0.1) is 5.10 Å². The molecule has 0 aliphatic carbocycles. The summed E-state index contributed by atoms with van der Waals surface area (Å²) in [5.41, 5.74) is -1.37. The molecule has 0 saturated heterocycles. The molecule has 16 heavy (non-hydrogen) atoms. The van der Waals surface area contributed by atoms with E-state index in [1.807, 2.05) is 27.7 Å². The Morgan fingerprint density at radius 3 is 2.31 bits per heavy atom. The maximum atomic E-state index is 11.3. The zero-order valence-electron chi connectivity index (χ0n) is 10.4. The summed E-state index contributed by atoms with van der Waals surface area (Å²) in [6.45, 7) is 9.29. The minimum atomic E-state index is -1.09. The van der Waals surface area contributed by atoms with Crippen LogP contribution in [-0.4, -0.2) is 31.3 Å². The normalized spacial score (nSPS) is 15.8. The third-order valence-corrected chi connectivity index (χ3v) is 2.76. The van der Waals surface area contributed by atoms with Gasteiger partial charge in [0.2, 0.25) is 0 Å². The Morgan fingerprint density at radius 1 is 1.38 bits per heavy atom. The van der Waals surface area contributed by atoms with Gasteiger partial charge in [-0.05, 0) is 23.8 Å². The number of tetrazole rings is 1. The average molecular weight is 226 g/mol. The SMILES string of the molecule is CCC(C)(C(=O)O)n1nnnc1C(C)(C)C. The van der Waals surface area contributed by atoms with Gasteiger partial charge in [-0.2, -0.15) is 0 Å². The van der Waals surface area contributed by atoms with E-state index in [9.17, 15) is 9.90 Å². The number of carboxylic acids is 1. The molecule has 90 valence electrons. The van der Waals surface area contributed by atoms with E-state index in [0.717, 1.165) is 0 Å². The van der Waals surface area contributed by atoms with E-state index in [4.69, 9.17) is 0 Å². The van der Waals surface area contributed by atoms with Crippen LogP contribution in [0.1, 0.15) is 46.9 Å². The summed E-state index contributed by atoms with van der Waals surface area (Å²) < 4.78 is 1.41. The molecule has 0 aromatic carbocycles. The fraction of sp³-hybridized carbons (Fsp3) is 0.800. The molecule has 1 unspecified atom stereocenters. The molecular formula is C10H18N4O2. The fourth-order valence-corrected chi connectivity index (χ4v) is 1.38. The van der Waals surface area contributed by atoms with E-state index in [1.165, 1.54) is 4.68 Å². The second-order valence-electron chi connectivity index (χ2n) is 5.10. The molecule has 1 rings (SSSR count). The first kappa shape index (κ1) is 12.6. The van der Waals surface area contributed by atoms with Crippen molar-refractivity contribution < 1.29 is 9.90 Å². The predicted molar refractivity (Wildman–Crippen MR) is 58.1 cm³/mol. The summed E-state index contributed by atoms with van der Waals surface area (Å²) in [5, 5.41) is 20.6. The van der Waals surface area contributed by atoms with Crippen molar-refractivity contribution >= 4 is 5.97 Å². The largest absolute Gasteiger partial charge is 0.479 e. The van der Waals surface area contributed by atoms with Crippen LogP contribution in [0.25, 0.3) is 0 Å². The summed E-state index contributed by atoms with van der Waals surface area (Å²) >= 11 is 0. The molecule has 6 heteroatoms. The molecule has 1 atom stereocenters. The van der Waals surface area contributed by atoms with E-state index in [2.05, 4.69) is 15.5 Å². The lowest BCUT2D eigenvalue weighted by molar-refractivity contribution is -0.147. The van der Waals surface area contributed by atoms with Gasteiger partial charge in [0.05, 0.1) is 0 Å². The first-order valence-corrected chi connectivity index (χ1v) is 5.26. The third kappa shape index (κ3) is 1.91. The van der Waals surface area contributed by atoms with Crippen LogP contribution in [0.3, 0.4) is 0 Å². The lowest BCUT2D eigenvalue weighted by atomic mass is 9.92. The first-order chi connectivity index (χ1) is 7.23. The molecule has 0 fully saturated rings. The lowest BCUT2D eigenvalue weighted by Gasteiger charge is -2.27. The average Bonchev–Trinajstić information content (AvgIpc) is 2.64. The highest BCUT2D eigenvalue weighted by atomic mass is 16.4. The molecular weight excluding hydrogens is 208 g/mol. The smallest absolute Gasteiger partial charge is 0.331 e. The van der Waals surface area contributed by atoms with Crippen molar-refractivity contribution in [1.82, 2.24) is 20.2 Å². The monoisotopic (exact) mass is 226 g/mol. The number of carbonyl (C=O) groups is 1. The van der Waals surface area contributed by atoms with Crippen molar-refractivity contribution in [2.24, 2.45) is 0 Å². The molecule has 1 heterocycles. The number of carboxylic acid groups (broad SMARTS) is 1. The second kappa shape index (κ2) is 3.84. The van der Waals surface area contributed by atoms with E-state index in [1.54, 1.807) is 6.92 Å². The number of aliphatic carboxylic acids is 1. The van der Waals surface area contributed by atoms with Crippen molar-refractivity contribution in [2.75, 3.05) is 0 Å². The van der Waals surface area contributed by atoms with Crippen molar-refractivity contribution in [2.45, 2.75) is 52.0 Å². The van der Waals surface area contributed by atoms with Crippen LogP contribution in [0.2, 0.25) is 0 Å². The van der Waals surface area contributed by atoms with Gasteiger partial charge in [0.15, 0.2) is 11.4 Å². The number of hydrogen-bond acceptors (Lipinski definition) is 4. The van der Waals surface area contributed by atoms with Gasteiger partial charge in [-0.1, -0.05) is 27.7 Å². The minimum absolute atomic E-state index is 0.282. The Labute approximate surface area is 94.7 Å². The van der Waals surface area contributed by atoms with Gasteiger partial charge in [0.25, 0.3) is 0 Å². The molecule has 0 bridgehead atoms. The summed E-state index contributed by atoms with van der Waals surface area (Å²) in [4.78, 5) is 11.3. The highest BCUT2D eigenvalue weighted by Crippen LogP contribution is 2.26. The zero-order chi connectivity index (χ0) is 12.6. The third-order valence-electron chi connectivity index (χ3n) is 2.76. The second-order valence-corrected chi connectivity index (χ2v) is 5.10. The molecule has 1 aromatic heterocycles. The topological polar surface area (TPSA) is 80.9 Å². The summed E-state index contributed by atoms with van der Waals surface area (Å²) in [6.07, 6.45) is 0.427. The molecule has 0 amide bonds. The molecule has 1 N–H and O–H groups in total. The zero-order valence-corrected chi connectivity index (χ0v) is 10.4. The Morgan fingerprint density at radius 2 is 1.94 bits per heavy atom. The van der Waals surface area contributed by atoms with Crippen molar-refractivity contribution in [3.8, 4) is 0 Å². The van der Waals surface area contributed by atoms with Crippen LogP contribution in [0.15, 0.2) is 0 Å². The highest BCUT2D eigenvalue weighted by molar-refractivity contribution is 5.76. The van der Waals surface area contributed by atoms with Gasteiger partial charge in [0, 0.05) is 5.41 Å². The number of rotatable bonds is 3. The standard InChI is InChI=1S/C10H18N4O2/c1-6-10(5,8(15)16)14-7(9(2,3)4)11-12-13-14/h6H2,1-5H3,(H,15,16). The molecule has 0 radical (unpaired) electrons. The maximum Gasteiger partial charge on any atom is 0.331 e. The predicted octanol–water partition coefficient (Wildman–Crippen LogP) is 1.18. The summed E-state index contributed by atoms with van der Waals surface area (Å²) in [6, 6.07) is 0. The van der Waals surface area contributed by atoms with Crippen LogP contribution in [0, 0.1) is 0 Å². The van der Waals surface area contributed by atoms with E-state index in [0.29, 0.717) is 12.2 Å². The first-order valence-electron chi connectivity index (χ1n) is 5.26. The van der Waals surface area contributed by atoms with Gasteiger partial charge in [-0.25, -0.2) is 9.48 Å². The minimum Gasteiger partial charge on any atom is -0.479 e. The fourth-order valence-electron chi connectivity index (χ4n) is 1.38. The molecule has 0 spiro atoms.